The van der Waals surface area contributed by atoms with Crippen LogP contribution < -0.4 is 10.6 Å². The van der Waals surface area contributed by atoms with E-state index in [1.807, 2.05) is 6.92 Å². The van der Waals surface area contributed by atoms with E-state index in [1.165, 1.54) is 0 Å². The number of amides is 1. The summed E-state index contributed by atoms with van der Waals surface area (Å²) in [5.74, 6) is 0.558. The summed E-state index contributed by atoms with van der Waals surface area (Å²) < 4.78 is 5.32. The van der Waals surface area contributed by atoms with Crippen LogP contribution in [0.25, 0.3) is 0 Å². The summed E-state index contributed by atoms with van der Waals surface area (Å²) in [6, 6.07) is -0.139. The number of rotatable bonds is 7. The van der Waals surface area contributed by atoms with E-state index < -0.39 is 0 Å². The normalized spacial score (nSPS) is 12.9. The van der Waals surface area contributed by atoms with Gasteiger partial charge in [-0.15, -0.1) is 0 Å². The third-order valence-corrected chi connectivity index (χ3v) is 1.82. The van der Waals surface area contributed by atoms with E-state index in [0.29, 0.717) is 19.1 Å². The van der Waals surface area contributed by atoms with Crippen LogP contribution in [-0.2, 0) is 9.53 Å². The maximum atomic E-state index is 11.2. The first kappa shape index (κ1) is 13.4. The maximum Gasteiger partial charge on any atom is 0.236 e. The van der Waals surface area contributed by atoms with Crippen molar-refractivity contribution in [1.82, 2.24) is 10.6 Å². The second-order valence-electron chi connectivity index (χ2n) is 3.77. The summed E-state index contributed by atoms with van der Waals surface area (Å²) in [6.07, 6.45) is 0. The predicted molar refractivity (Wildman–Crippen MR) is 57.2 cm³/mol. The molecule has 0 heterocycles. The van der Waals surface area contributed by atoms with Gasteiger partial charge < -0.3 is 15.4 Å². The van der Waals surface area contributed by atoms with Crippen molar-refractivity contribution in [3.05, 3.63) is 0 Å². The van der Waals surface area contributed by atoms with Gasteiger partial charge in [-0.2, -0.15) is 0 Å². The average molecular weight is 202 g/mol. The Morgan fingerprint density at radius 2 is 2.00 bits per heavy atom. The van der Waals surface area contributed by atoms with Crippen molar-refractivity contribution in [2.24, 2.45) is 5.92 Å². The third-order valence-electron chi connectivity index (χ3n) is 1.82. The molecular weight excluding hydrogens is 180 g/mol. The Morgan fingerprint density at radius 3 is 2.50 bits per heavy atom. The smallest absolute Gasteiger partial charge is 0.236 e. The SMILES string of the molecule is CNC(C)C(=O)NCCOCC(C)C. The van der Waals surface area contributed by atoms with E-state index in [1.54, 1.807) is 7.05 Å². The molecule has 0 aromatic rings. The van der Waals surface area contributed by atoms with E-state index in [4.69, 9.17) is 4.74 Å². The quantitative estimate of drug-likeness (QED) is 0.587. The molecule has 1 atom stereocenters. The van der Waals surface area contributed by atoms with Crippen molar-refractivity contribution >= 4 is 5.91 Å². The molecule has 0 aromatic heterocycles. The van der Waals surface area contributed by atoms with E-state index in [9.17, 15) is 4.79 Å². The number of hydrogen-bond donors (Lipinski definition) is 2. The van der Waals surface area contributed by atoms with Crippen LogP contribution in [0, 0.1) is 5.92 Å². The van der Waals surface area contributed by atoms with Gasteiger partial charge in [-0.05, 0) is 19.9 Å². The fourth-order valence-corrected chi connectivity index (χ4v) is 0.850. The molecule has 0 bridgehead atoms. The van der Waals surface area contributed by atoms with Crippen molar-refractivity contribution in [1.29, 1.82) is 0 Å². The maximum absolute atomic E-state index is 11.2. The van der Waals surface area contributed by atoms with E-state index in [2.05, 4.69) is 24.5 Å². The molecule has 14 heavy (non-hydrogen) atoms. The van der Waals surface area contributed by atoms with Crippen LogP contribution in [0.2, 0.25) is 0 Å². The first-order valence-corrected chi connectivity index (χ1v) is 5.10. The lowest BCUT2D eigenvalue weighted by Crippen LogP contribution is -2.41. The summed E-state index contributed by atoms with van der Waals surface area (Å²) in [4.78, 5) is 11.2. The summed E-state index contributed by atoms with van der Waals surface area (Å²) >= 11 is 0. The standard InChI is InChI=1S/C10H22N2O2/c1-8(2)7-14-6-5-12-10(13)9(3)11-4/h8-9,11H,5-7H2,1-4H3,(H,12,13). The molecule has 0 radical (unpaired) electrons. The minimum atomic E-state index is -0.139. The highest BCUT2D eigenvalue weighted by atomic mass is 16.5. The van der Waals surface area contributed by atoms with Crippen LogP contribution in [-0.4, -0.2) is 38.8 Å². The molecule has 0 aliphatic carbocycles. The number of nitrogens with one attached hydrogen (secondary N) is 2. The molecule has 0 saturated carbocycles. The predicted octanol–water partition coefficient (Wildman–Crippen LogP) is 0.383. The Balaban J connectivity index is 3.32. The molecule has 0 rings (SSSR count). The lowest BCUT2D eigenvalue weighted by atomic mass is 10.2. The molecule has 0 saturated heterocycles. The highest BCUT2D eigenvalue weighted by molar-refractivity contribution is 5.81. The fraction of sp³-hybridized carbons (Fsp3) is 0.900. The third kappa shape index (κ3) is 6.86. The van der Waals surface area contributed by atoms with Crippen LogP contribution in [0.1, 0.15) is 20.8 Å². The molecule has 0 aliphatic heterocycles. The summed E-state index contributed by atoms with van der Waals surface area (Å²) in [6.45, 7) is 7.93. The minimum Gasteiger partial charge on any atom is -0.379 e. The van der Waals surface area contributed by atoms with Gasteiger partial charge in [0.25, 0.3) is 0 Å². The Morgan fingerprint density at radius 1 is 1.36 bits per heavy atom. The lowest BCUT2D eigenvalue weighted by molar-refractivity contribution is -0.122. The highest BCUT2D eigenvalue weighted by Gasteiger charge is 2.08. The zero-order chi connectivity index (χ0) is 11.0. The molecule has 1 unspecified atom stereocenters. The number of carbonyl (C=O) groups excluding carboxylic acids is 1. The zero-order valence-corrected chi connectivity index (χ0v) is 9.59. The van der Waals surface area contributed by atoms with Crippen molar-refractivity contribution < 1.29 is 9.53 Å². The van der Waals surface area contributed by atoms with Gasteiger partial charge in [0, 0.05) is 13.2 Å². The minimum absolute atomic E-state index is 0.0145. The van der Waals surface area contributed by atoms with Gasteiger partial charge >= 0.3 is 0 Å². The van der Waals surface area contributed by atoms with Crippen LogP contribution >= 0.6 is 0 Å². The van der Waals surface area contributed by atoms with Crippen LogP contribution in [0.3, 0.4) is 0 Å². The molecule has 0 aliphatic rings. The molecule has 4 heteroatoms. The number of hydrogen-bond acceptors (Lipinski definition) is 3. The van der Waals surface area contributed by atoms with Gasteiger partial charge in [-0.3, -0.25) is 4.79 Å². The van der Waals surface area contributed by atoms with E-state index in [-0.39, 0.29) is 11.9 Å². The van der Waals surface area contributed by atoms with Crippen molar-refractivity contribution in [3.8, 4) is 0 Å². The largest absolute Gasteiger partial charge is 0.379 e. The second-order valence-corrected chi connectivity index (χ2v) is 3.77. The molecule has 2 N–H and O–H groups in total. The van der Waals surface area contributed by atoms with Crippen LogP contribution in [0.15, 0.2) is 0 Å². The molecular formula is C10H22N2O2. The van der Waals surface area contributed by atoms with Crippen molar-refractivity contribution in [2.45, 2.75) is 26.8 Å². The molecule has 4 nitrogen and oxygen atoms in total. The molecule has 0 spiro atoms. The Kier molecular flexibility index (Phi) is 7.42. The number of ether oxygens (including phenoxy) is 1. The van der Waals surface area contributed by atoms with Gasteiger partial charge in [0.15, 0.2) is 0 Å². The summed E-state index contributed by atoms with van der Waals surface area (Å²) in [5.41, 5.74) is 0. The van der Waals surface area contributed by atoms with Crippen LogP contribution in [0.5, 0.6) is 0 Å². The van der Waals surface area contributed by atoms with Crippen molar-refractivity contribution in [2.75, 3.05) is 26.8 Å². The fourth-order valence-electron chi connectivity index (χ4n) is 0.850. The van der Waals surface area contributed by atoms with Gasteiger partial charge in [0.05, 0.1) is 12.6 Å². The van der Waals surface area contributed by atoms with E-state index >= 15 is 0 Å². The Bertz CT molecular complexity index is 160. The molecule has 0 aromatic carbocycles. The summed E-state index contributed by atoms with van der Waals surface area (Å²) in [5, 5.41) is 5.65. The highest BCUT2D eigenvalue weighted by Crippen LogP contribution is 1.91. The summed E-state index contributed by atoms with van der Waals surface area (Å²) in [7, 11) is 1.76. The van der Waals surface area contributed by atoms with Crippen LogP contribution in [0.4, 0.5) is 0 Å². The molecule has 84 valence electrons. The Labute approximate surface area is 86.4 Å². The zero-order valence-electron chi connectivity index (χ0n) is 9.59. The average Bonchev–Trinajstić information content (AvgIpc) is 2.15. The van der Waals surface area contributed by atoms with Gasteiger partial charge in [-0.25, -0.2) is 0 Å². The lowest BCUT2D eigenvalue weighted by Gasteiger charge is -2.11. The number of carbonyl (C=O) groups is 1. The molecule has 1 amide bonds. The van der Waals surface area contributed by atoms with E-state index in [0.717, 1.165) is 6.61 Å². The first-order chi connectivity index (χ1) is 6.57. The Hall–Kier alpha value is -0.610. The topological polar surface area (TPSA) is 50.4 Å². The van der Waals surface area contributed by atoms with Gasteiger partial charge in [-0.1, -0.05) is 13.8 Å². The molecule has 0 fully saturated rings. The first-order valence-electron chi connectivity index (χ1n) is 5.10. The van der Waals surface area contributed by atoms with Gasteiger partial charge in [0.2, 0.25) is 5.91 Å². The second kappa shape index (κ2) is 7.76. The number of likely N-dealkylation sites (N-methyl/N-ethyl adjacent to an activating group) is 1. The monoisotopic (exact) mass is 202 g/mol. The van der Waals surface area contributed by atoms with Crippen molar-refractivity contribution in [3.63, 3.8) is 0 Å². The van der Waals surface area contributed by atoms with Gasteiger partial charge in [0.1, 0.15) is 0 Å².